The summed E-state index contributed by atoms with van der Waals surface area (Å²) in [4.78, 5) is 46.1. The summed E-state index contributed by atoms with van der Waals surface area (Å²) < 4.78 is 4.42. The number of Topliss-reactive ketones (excluding diaryl/α,β-unsaturated/α-hetero) is 1. The second kappa shape index (κ2) is 9.80. The van der Waals surface area contributed by atoms with Gasteiger partial charge in [0.1, 0.15) is 0 Å². The Kier molecular flexibility index (Phi) is 6.83. The molecule has 1 aliphatic heterocycles. The van der Waals surface area contributed by atoms with Gasteiger partial charge in [0.2, 0.25) is 5.95 Å². The second-order valence-electron chi connectivity index (χ2n) is 9.16. The molecule has 1 unspecified atom stereocenters. The number of fused-ring (bicyclic) bond motifs is 1. The maximum Gasteiger partial charge on any atom is 0.332 e. The molecule has 1 fully saturated rings. The summed E-state index contributed by atoms with van der Waals surface area (Å²) in [5.74, 6) is 0.531. The Labute approximate surface area is 198 Å². The summed E-state index contributed by atoms with van der Waals surface area (Å²) in [5, 5.41) is 0. The molecule has 0 bridgehead atoms. The smallest absolute Gasteiger partial charge is 0.332 e. The lowest BCUT2D eigenvalue weighted by atomic mass is 10.1. The first-order chi connectivity index (χ1) is 16.3. The molecular formula is C25H32N6O3. The highest BCUT2D eigenvalue weighted by Crippen LogP contribution is 2.23. The van der Waals surface area contributed by atoms with Crippen molar-refractivity contribution in [3.8, 4) is 0 Å². The zero-order chi connectivity index (χ0) is 24.4. The van der Waals surface area contributed by atoms with Crippen molar-refractivity contribution in [1.82, 2.24) is 18.7 Å². The lowest BCUT2D eigenvalue weighted by molar-refractivity contribution is 0.0976. The van der Waals surface area contributed by atoms with Gasteiger partial charge in [-0.25, -0.2) is 4.79 Å². The van der Waals surface area contributed by atoms with Crippen LogP contribution in [0.5, 0.6) is 0 Å². The molecule has 0 amide bonds. The number of hydrogen-bond acceptors (Lipinski definition) is 6. The van der Waals surface area contributed by atoms with Gasteiger partial charge >= 0.3 is 5.69 Å². The molecule has 0 radical (unpaired) electrons. The molecule has 180 valence electrons. The van der Waals surface area contributed by atoms with E-state index in [1.807, 2.05) is 30.6 Å². The van der Waals surface area contributed by atoms with Gasteiger partial charge in [-0.15, -0.1) is 0 Å². The average molecular weight is 465 g/mol. The molecule has 34 heavy (non-hydrogen) atoms. The van der Waals surface area contributed by atoms with Gasteiger partial charge in [0, 0.05) is 51.3 Å². The van der Waals surface area contributed by atoms with Crippen LogP contribution in [-0.2, 0) is 20.1 Å². The Morgan fingerprint density at radius 1 is 1.18 bits per heavy atom. The molecule has 0 spiro atoms. The number of aryl methyl sites for hydroxylation is 1. The van der Waals surface area contributed by atoms with E-state index in [2.05, 4.69) is 4.90 Å². The molecule has 4 rings (SSSR count). The van der Waals surface area contributed by atoms with E-state index in [9.17, 15) is 14.4 Å². The van der Waals surface area contributed by atoms with Crippen LogP contribution in [0.2, 0.25) is 0 Å². The van der Waals surface area contributed by atoms with Crippen molar-refractivity contribution in [2.24, 2.45) is 12.8 Å². The van der Waals surface area contributed by atoms with E-state index in [-0.39, 0.29) is 24.8 Å². The minimum atomic E-state index is -0.480. The second-order valence-corrected chi connectivity index (χ2v) is 9.16. The highest BCUT2D eigenvalue weighted by Gasteiger charge is 2.26. The largest absolute Gasteiger partial charge is 0.341 e. The Balaban J connectivity index is 1.80. The van der Waals surface area contributed by atoms with Crippen LogP contribution < -0.4 is 21.9 Å². The summed E-state index contributed by atoms with van der Waals surface area (Å²) in [5.41, 5.74) is 7.68. The van der Waals surface area contributed by atoms with Crippen molar-refractivity contribution in [1.29, 1.82) is 0 Å². The van der Waals surface area contributed by atoms with Gasteiger partial charge in [0.15, 0.2) is 16.9 Å². The van der Waals surface area contributed by atoms with Gasteiger partial charge in [-0.05, 0) is 26.7 Å². The van der Waals surface area contributed by atoms with Crippen LogP contribution in [0.25, 0.3) is 11.2 Å². The van der Waals surface area contributed by atoms with Gasteiger partial charge in [0.25, 0.3) is 5.56 Å². The number of carbonyl (C=O) groups excluding carboxylic acids is 1. The third kappa shape index (κ3) is 4.61. The minimum absolute atomic E-state index is 0.00687. The van der Waals surface area contributed by atoms with Gasteiger partial charge in [0.05, 0.1) is 0 Å². The predicted molar refractivity (Wildman–Crippen MR) is 133 cm³/mol. The lowest BCUT2D eigenvalue weighted by Crippen LogP contribution is -2.44. The average Bonchev–Trinajstić information content (AvgIpc) is 3.21. The summed E-state index contributed by atoms with van der Waals surface area (Å²) in [6, 6.07) is 8.92. The Morgan fingerprint density at radius 3 is 2.59 bits per heavy atom. The lowest BCUT2D eigenvalue weighted by Gasteiger charge is -2.31. The van der Waals surface area contributed by atoms with Crippen molar-refractivity contribution < 1.29 is 4.79 Å². The summed E-state index contributed by atoms with van der Waals surface area (Å²) >= 11 is 0. The standard InChI is InChI=1S/C25H32N6O3/c1-17(2)11-14-30-21-22(27-24(30)29-13-7-10-19(26)16-29)28(3)25(34)31(23(21)33)15-12-20(32)18-8-5-4-6-9-18/h4-6,8-9,11,19H,7,10,12-16,26H2,1-3H3. The molecule has 9 nitrogen and oxygen atoms in total. The topological polar surface area (TPSA) is 108 Å². The van der Waals surface area contributed by atoms with Gasteiger partial charge < -0.3 is 15.2 Å². The van der Waals surface area contributed by atoms with Gasteiger partial charge in [-0.2, -0.15) is 4.98 Å². The molecule has 1 aromatic carbocycles. The fraction of sp³-hybridized carbons (Fsp3) is 0.440. The Morgan fingerprint density at radius 2 is 1.91 bits per heavy atom. The first kappa shape index (κ1) is 23.7. The van der Waals surface area contributed by atoms with E-state index in [4.69, 9.17) is 10.7 Å². The number of anilines is 1. The molecule has 9 heteroatoms. The van der Waals surface area contributed by atoms with Gasteiger partial charge in [-0.3, -0.25) is 18.7 Å². The van der Waals surface area contributed by atoms with E-state index >= 15 is 0 Å². The van der Waals surface area contributed by atoms with E-state index in [1.165, 1.54) is 4.57 Å². The van der Waals surface area contributed by atoms with E-state index in [0.29, 0.717) is 35.8 Å². The number of rotatable bonds is 7. The van der Waals surface area contributed by atoms with Gasteiger partial charge in [-0.1, -0.05) is 42.0 Å². The number of carbonyl (C=O) groups is 1. The molecule has 1 saturated heterocycles. The molecule has 1 aliphatic rings. The Hall–Kier alpha value is -3.46. The third-order valence-electron chi connectivity index (χ3n) is 6.29. The SMILES string of the molecule is CC(C)=CCn1c(N2CCCC(N)C2)nc2c1c(=O)n(CCC(=O)c1ccccc1)c(=O)n2C. The van der Waals surface area contributed by atoms with Crippen molar-refractivity contribution >= 4 is 22.9 Å². The first-order valence-electron chi connectivity index (χ1n) is 11.7. The molecule has 3 heterocycles. The molecule has 2 N–H and O–H groups in total. The van der Waals surface area contributed by atoms with Crippen molar-refractivity contribution in [3.63, 3.8) is 0 Å². The van der Waals surface area contributed by atoms with Crippen molar-refractivity contribution in [3.05, 3.63) is 68.4 Å². The number of aromatic nitrogens is 4. The Bertz CT molecular complexity index is 1340. The van der Waals surface area contributed by atoms with Crippen LogP contribution in [0.3, 0.4) is 0 Å². The zero-order valence-corrected chi connectivity index (χ0v) is 20.0. The highest BCUT2D eigenvalue weighted by atomic mass is 16.2. The maximum atomic E-state index is 13.6. The molecule has 2 aromatic heterocycles. The quantitative estimate of drug-likeness (QED) is 0.424. The molecule has 1 atom stereocenters. The monoisotopic (exact) mass is 464 g/mol. The van der Waals surface area contributed by atoms with E-state index < -0.39 is 11.2 Å². The number of hydrogen-bond donors (Lipinski definition) is 1. The normalized spacial score (nSPS) is 16.1. The number of piperidine rings is 1. The van der Waals surface area contributed by atoms with E-state index in [1.54, 1.807) is 31.3 Å². The number of nitrogens with two attached hydrogens (primary N) is 1. The van der Waals surface area contributed by atoms with Crippen LogP contribution in [0.1, 0.15) is 43.5 Å². The van der Waals surface area contributed by atoms with Crippen LogP contribution in [0, 0.1) is 0 Å². The molecule has 0 aliphatic carbocycles. The molecule has 3 aromatic rings. The number of nitrogens with zero attached hydrogens (tertiary/aromatic N) is 5. The van der Waals surface area contributed by atoms with Crippen LogP contribution in [0.15, 0.2) is 51.6 Å². The zero-order valence-electron chi connectivity index (χ0n) is 20.0. The fourth-order valence-corrected chi connectivity index (χ4v) is 4.42. The predicted octanol–water partition coefficient (Wildman–Crippen LogP) is 2.06. The van der Waals surface area contributed by atoms with Crippen LogP contribution in [0.4, 0.5) is 5.95 Å². The van der Waals surface area contributed by atoms with Crippen molar-refractivity contribution in [2.75, 3.05) is 18.0 Å². The molecular weight excluding hydrogens is 432 g/mol. The van der Waals surface area contributed by atoms with Crippen LogP contribution >= 0.6 is 0 Å². The van der Waals surface area contributed by atoms with Crippen molar-refractivity contribution in [2.45, 2.75) is 52.2 Å². The number of ketones is 1. The number of imidazole rings is 1. The number of allylic oxidation sites excluding steroid dienone is 2. The van der Waals surface area contributed by atoms with Crippen LogP contribution in [-0.4, -0.2) is 43.6 Å². The number of benzene rings is 1. The summed E-state index contributed by atoms with van der Waals surface area (Å²) in [6.45, 7) is 5.90. The summed E-state index contributed by atoms with van der Waals surface area (Å²) in [7, 11) is 1.61. The minimum Gasteiger partial charge on any atom is -0.341 e. The highest BCUT2D eigenvalue weighted by molar-refractivity contribution is 5.95. The fourth-order valence-electron chi connectivity index (χ4n) is 4.42. The maximum absolute atomic E-state index is 13.6. The molecule has 0 saturated carbocycles. The summed E-state index contributed by atoms with van der Waals surface area (Å²) in [6.07, 6.45) is 3.98. The first-order valence-corrected chi connectivity index (χ1v) is 11.7. The third-order valence-corrected chi connectivity index (χ3v) is 6.29. The van der Waals surface area contributed by atoms with E-state index in [0.717, 1.165) is 29.5 Å².